The number of carbonyl (C=O) groups is 1. The zero-order chi connectivity index (χ0) is 14.7. The number of carbonyl (C=O) groups excluding carboxylic acids is 1. The SMILES string of the molecule is COCCNC(=O)c1ccc2c(c1)CC(C)[C@H](C)N2C. The molecule has 1 N–H and O–H groups in total. The minimum Gasteiger partial charge on any atom is -0.383 e. The Morgan fingerprint density at radius 3 is 2.90 bits per heavy atom. The summed E-state index contributed by atoms with van der Waals surface area (Å²) < 4.78 is 4.94. The molecule has 1 heterocycles. The maximum atomic E-state index is 12.1. The normalized spacial score (nSPS) is 21.5. The monoisotopic (exact) mass is 276 g/mol. The van der Waals surface area contributed by atoms with Crippen molar-refractivity contribution in [1.29, 1.82) is 0 Å². The van der Waals surface area contributed by atoms with E-state index in [1.807, 2.05) is 12.1 Å². The van der Waals surface area contributed by atoms with Gasteiger partial charge in [0.15, 0.2) is 0 Å². The molecular formula is C16H24N2O2. The predicted molar refractivity (Wildman–Crippen MR) is 81.4 cm³/mol. The molecule has 2 atom stereocenters. The van der Waals surface area contributed by atoms with Crippen molar-refractivity contribution in [2.45, 2.75) is 26.3 Å². The first kappa shape index (κ1) is 14.9. The summed E-state index contributed by atoms with van der Waals surface area (Å²) in [6, 6.07) is 6.52. The Balaban J connectivity index is 2.15. The summed E-state index contributed by atoms with van der Waals surface area (Å²) >= 11 is 0. The van der Waals surface area contributed by atoms with E-state index in [9.17, 15) is 4.79 Å². The van der Waals surface area contributed by atoms with Gasteiger partial charge in [0.25, 0.3) is 5.91 Å². The molecule has 0 aromatic heterocycles. The molecule has 1 aromatic carbocycles. The predicted octanol–water partition coefficient (Wildman–Crippen LogP) is 2.08. The molecule has 4 heteroatoms. The number of anilines is 1. The molecule has 0 radical (unpaired) electrons. The second kappa shape index (κ2) is 6.27. The quantitative estimate of drug-likeness (QED) is 0.856. The molecule has 1 aliphatic heterocycles. The number of amides is 1. The zero-order valence-corrected chi connectivity index (χ0v) is 12.8. The molecule has 0 bridgehead atoms. The van der Waals surface area contributed by atoms with Crippen LogP contribution in [0.2, 0.25) is 0 Å². The van der Waals surface area contributed by atoms with Gasteiger partial charge in [-0.25, -0.2) is 0 Å². The van der Waals surface area contributed by atoms with E-state index in [0.29, 0.717) is 25.1 Å². The molecule has 1 amide bonds. The minimum atomic E-state index is -0.0289. The van der Waals surface area contributed by atoms with Crippen LogP contribution in [0, 0.1) is 5.92 Å². The van der Waals surface area contributed by atoms with Crippen molar-refractivity contribution in [3.05, 3.63) is 29.3 Å². The van der Waals surface area contributed by atoms with Crippen molar-refractivity contribution in [1.82, 2.24) is 5.32 Å². The number of methoxy groups -OCH3 is 1. The number of nitrogens with one attached hydrogen (secondary N) is 1. The number of hydrogen-bond acceptors (Lipinski definition) is 3. The van der Waals surface area contributed by atoms with Gasteiger partial charge in [0.2, 0.25) is 0 Å². The van der Waals surface area contributed by atoms with Crippen LogP contribution in [0.3, 0.4) is 0 Å². The third-order valence-electron chi connectivity index (χ3n) is 4.29. The summed E-state index contributed by atoms with van der Waals surface area (Å²) in [5, 5.41) is 2.86. The van der Waals surface area contributed by atoms with Crippen LogP contribution >= 0.6 is 0 Å². The Morgan fingerprint density at radius 2 is 2.20 bits per heavy atom. The first-order chi connectivity index (χ1) is 9.54. The molecule has 0 fully saturated rings. The van der Waals surface area contributed by atoms with E-state index in [1.165, 1.54) is 11.3 Å². The molecule has 0 saturated carbocycles. The number of fused-ring (bicyclic) bond motifs is 1. The van der Waals surface area contributed by atoms with Gasteiger partial charge in [0.05, 0.1) is 6.61 Å². The summed E-state index contributed by atoms with van der Waals surface area (Å²) in [5.41, 5.74) is 3.23. The van der Waals surface area contributed by atoms with Crippen LogP contribution in [0.1, 0.15) is 29.8 Å². The van der Waals surface area contributed by atoms with E-state index < -0.39 is 0 Å². The number of ether oxygens (including phenoxy) is 1. The van der Waals surface area contributed by atoms with Crippen molar-refractivity contribution in [2.24, 2.45) is 5.92 Å². The van der Waals surface area contributed by atoms with Gasteiger partial charge in [-0.05, 0) is 43.0 Å². The Labute approximate surface area is 121 Å². The summed E-state index contributed by atoms with van der Waals surface area (Å²) in [4.78, 5) is 14.4. The van der Waals surface area contributed by atoms with Gasteiger partial charge in [-0.15, -0.1) is 0 Å². The third kappa shape index (κ3) is 2.96. The summed E-state index contributed by atoms with van der Waals surface area (Å²) in [6.45, 7) is 5.59. The van der Waals surface area contributed by atoms with Crippen LogP contribution in [0.25, 0.3) is 0 Å². The van der Waals surface area contributed by atoms with Crippen molar-refractivity contribution in [3.8, 4) is 0 Å². The Bertz CT molecular complexity index is 487. The average molecular weight is 276 g/mol. The van der Waals surface area contributed by atoms with Crippen LogP contribution < -0.4 is 10.2 Å². The van der Waals surface area contributed by atoms with Gasteiger partial charge < -0.3 is 15.0 Å². The number of nitrogens with zero attached hydrogens (tertiary/aromatic N) is 1. The highest BCUT2D eigenvalue weighted by molar-refractivity contribution is 5.95. The smallest absolute Gasteiger partial charge is 0.251 e. The van der Waals surface area contributed by atoms with Gasteiger partial charge in [-0.2, -0.15) is 0 Å². The second-order valence-electron chi connectivity index (χ2n) is 5.63. The number of hydrogen-bond donors (Lipinski definition) is 1. The lowest BCUT2D eigenvalue weighted by molar-refractivity contribution is 0.0937. The maximum absolute atomic E-state index is 12.1. The Kier molecular flexibility index (Phi) is 4.65. The largest absolute Gasteiger partial charge is 0.383 e. The fourth-order valence-electron chi connectivity index (χ4n) is 2.72. The zero-order valence-electron chi connectivity index (χ0n) is 12.8. The molecule has 1 aromatic rings. The van der Waals surface area contributed by atoms with E-state index in [-0.39, 0.29) is 5.91 Å². The summed E-state index contributed by atoms with van der Waals surface area (Å²) in [5.74, 6) is 0.568. The highest BCUT2D eigenvalue weighted by Crippen LogP contribution is 2.33. The molecule has 4 nitrogen and oxygen atoms in total. The molecule has 0 aliphatic carbocycles. The highest BCUT2D eigenvalue weighted by atomic mass is 16.5. The third-order valence-corrected chi connectivity index (χ3v) is 4.29. The first-order valence-electron chi connectivity index (χ1n) is 7.17. The molecule has 20 heavy (non-hydrogen) atoms. The van der Waals surface area contributed by atoms with E-state index in [2.05, 4.69) is 37.2 Å². The number of benzene rings is 1. The van der Waals surface area contributed by atoms with Gasteiger partial charge in [0, 0.05) is 38.0 Å². The first-order valence-corrected chi connectivity index (χ1v) is 7.17. The lowest BCUT2D eigenvalue weighted by Gasteiger charge is -2.38. The van der Waals surface area contributed by atoms with Crippen LogP contribution in [-0.4, -0.2) is 39.3 Å². The van der Waals surface area contributed by atoms with E-state index in [1.54, 1.807) is 7.11 Å². The van der Waals surface area contributed by atoms with E-state index >= 15 is 0 Å². The van der Waals surface area contributed by atoms with Crippen LogP contribution in [0.4, 0.5) is 5.69 Å². The topological polar surface area (TPSA) is 41.6 Å². The maximum Gasteiger partial charge on any atom is 0.251 e. The fourth-order valence-corrected chi connectivity index (χ4v) is 2.72. The van der Waals surface area contributed by atoms with Gasteiger partial charge in [-0.1, -0.05) is 6.92 Å². The van der Waals surface area contributed by atoms with Crippen LogP contribution in [0.15, 0.2) is 18.2 Å². The minimum absolute atomic E-state index is 0.0289. The van der Waals surface area contributed by atoms with Crippen molar-refractivity contribution in [2.75, 3.05) is 32.2 Å². The lowest BCUT2D eigenvalue weighted by Crippen LogP contribution is -2.39. The molecule has 0 saturated heterocycles. The second-order valence-corrected chi connectivity index (χ2v) is 5.63. The highest BCUT2D eigenvalue weighted by Gasteiger charge is 2.26. The standard InChI is InChI=1S/C16H24N2O2/c1-11-9-14-10-13(16(19)17-7-8-20-4)5-6-15(14)18(3)12(11)2/h5-6,10-12H,7-9H2,1-4H3,(H,17,19)/t11?,12-/m0/s1. The van der Waals surface area contributed by atoms with E-state index in [0.717, 1.165) is 12.0 Å². The van der Waals surface area contributed by atoms with Crippen molar-refractivity contribution < 1.29 is 9.53 Å². The molecule has 110 valence electrons. The molecule has 0 spiro atoms. The summed E-state index contributed by atoms with van der Waals surface area (Å²) in [6.07, 6.45) is 1.03. The number of rotatable bonds is 4. The van der Waals surface area contributed by atoms with Gasteiger partial charge >= 0.3 is 0 Å². The molecular weight excluding hydrogens is 252 g/mol. The Morgan fingerprint density at radius 1 is 1.45 bits per heavy atom. The lowest BCUT2D eigenvalue weighted by atomic mass is 9.87. The average Bonchev–Trinajstić information content (AvgIpc) is 2.44. The van der Waals surface area contributed by atoms with Crippen LogP contribution in [-0.2, 0) is 11.2 Å². The molecule has 2 rings (SSSR count). The van der Waals surface area contributed by atoms with E-state index in [4.69, 9.17) is 4.74 Å². The molecule has 1 unspecified atom stereocenters. The van der Waals surface area contributed by atoms with Crippen molar-refractivity contribution in [3.63, 3.8) is 0 Å². The molecule has 1 aliphatic rings. The van der Waals surface area contributed by atoms with Gasteiger partial charge in [0.1, 0.15) is 0 Å². The summed E-state index contributed by atoms with van der Waals surface area (Å²) in [7, 11) is 3.75. The fraction of sp³-hybridized carbons (Fsp3) is 0.562. The van der Waals surface area contributed by atoms with Gasteiger partial charge in [-0.3, -0.25) is 4.79 Å². The van der Waals surface area contributed by atoms with Crippen LogP contribution in [0.5, 0.6) is 0 Å². The van der Waals surface area contributed by atoms with Crippen molar-refractivity contribution >= 4 is 11.6 Å². The Hall–Kier alpha value is -1.55.